The number of halogens is 1. The summed E-state index contributed by atoms with van der Waals surface area (Å²) < 4.78 is 13.0. The summed E-state index contributed by atoms with van der Waals surface area (Å²) in [6, 6.07) is 5.24. The molecule has 2 aromatic rings. The number of carboxylic acids is 2. The SMILES string of the molecule is Cc1c(C)c(C(=O)O)c(Nc2ccc(F)cc2)c(C(=O)O)c1C. The van der Waals surface area contributed by atoms with Crippen LogP contribution in [0.1, 0.15) is 37.4 Å². The number of anilines is 2. The molecule has 0 radical (unpaired) electrons. The van der Waals surface area contributed by atoms with Gasteiger partial charge in [-0.1, -0.05) is 0 Å². The molecule has 120 valence electrons. The molecule has 0 unspecified atom stereocenters. The van der Waals surface area contributed by atoms with E-state index in [4.69, 9.17) is 0 Å². The Bertz CT molecular complexity index is 756. The Morgan fingerprint density at radius 1 is 0.870 bits per heavy atom. The second-order valence-corrected chi connectivity index (χ2v) is 5.24. The van der Waals surface area contributed by atoms with E-state index in [1.165, 1.54) is 24.3 Å². The van der Waals surface area contributed by atoms with Gasteiger partial charge in [-0.15, -0.1) is 0 Å². The Labute approximate surface area is 132 Å². The van der Waals surface area contributed by atoms with Crippen LogP contribution < -0.4 is 5.32 Å². The van der Waals surface area contributed by atoms with Crippen molar-refractivity contribution in [2.45, 2.75) is 20.8 Å². The summed E-state index contributed by atoms with van der Waals surface area (Å²) in [6.07, 6.45) is 0. The molecule has 0 atom stereocenters. The van der Waals surface area contributed by atoms with Crippen molar-refractivity contribution in [1.82, 2.24) is 0 Å². The highest BCUT2D eigenvalue weighted by Crippen LogP contribution is 2.33. The summed E-state index contributed by atoms with van der Waals surface area (Å²) in [5.41, 5.74) is 1.79. The van der Waals surface area contributed by atoms with Crippen LogP contribution in [0, 0.1) is 26.6 Å². The Morgan fingerprint density at radius 2 is 1.30 bits per heavy atom. The molecule has 23 heavy (non-hydrogen) atoms. The first kappa shape index (κ1) is 16.5. The summed E-state index contributed by atoms with van der Waals surface area (Å²) >= 11 is 0. The minimum Gasteiger partial charge on any atom is -0.478 e. The molecule has 0 saturated heterocycles. The van der Waals surface area contributed by atoms with Crippen LogP contribution in [0.3, 0.4) is 0 Å². The molecule has 0 saturated carbocycles. The second kappa shape index (κ2) is 6.08. The Kier molecular flexibility index (Phi) is 4.36. The summed E-state index contributed by atoms with van der Waals surface area (Å²) in [6.45, 7) is 4.95. The molecule has 0 aliphatic carbocycles. The summed E-state index contributed by atoms with van der Waals surface area (Å²) in [4.78, 5) is 23.3. The normalized spacial score (nSPS) is 10.4. The second-order valence-electron chi connectivity index (χ2n) is 5.24. The highest BCUT2D eigenvalue weighted by atomic mass is 19.1. The van der Waals surface area contributed by atoms with Gasteiger partial charge in [0.1, 0.15) is 5.82 Å². The molecule has 6 heteroatoms. The quantitative estimate of drug-likeness (QED) is 0.796. The van der Waals surface area contributed by atoms with Crippen LogP contribution >= 0.6 is 0 Å². The highest BCUT2D eigenvalue weighted by molar-refractivity contribution is 6.06. The van der Waals surface area contributed by atoms with Crippen molar-refractivity contribution in [2.75, 3.05) is 5.32 Å². The topological polar surface area (TPSA) is 86.6 Å². The van der Waals surface area contributed by atoms with Crippen molar-refractivity contribution in [2.24, 2.45) is 0 Å². The largest absolute Gasteiger partial charge is 0.478 e. The fraction of sp³-hybridized carbons (Fsp3) is 0.176. The van der Waals surface area contributed by atoms with Crippen LogP contribution in [-0.4, -0.2) is 22.2 Å². The lowest BCUT2D eigenvalue weighted by molar-refractivity contribution is 0.0695. The fourth-order valence-corrected chi connectivity index (χ4v) is 2.49. The minimum absolute atomic E-state index is 0.00259. The molecular formula is C17H16FNO4. The van der Waals surface area contributed by atoms with Gasteiger partial charge in [0.05, 0.1) is 16.8 Å². The van der Waals surface area contributed by atoms with Crippen LogP contribution in [0.4, 0.5) is 15.8 Å². The fourth-order valence-electron chi connectivity index (χ4n) is 2.49. The summed E-state index contributed by atoms with van der Waals surface area (Å²) in [5.74, 6) is -2.89. The molecule has 0 fully saturated rings. The van der Waals surface area contributed by atoms with E-state index in [2.05, 4.69) is 5.32 Å². The maximum Gasteiger partial charge on any atom is 0.338 e. The van der Waals surface area contributed by atoms with Crippen molar-refractivity contribution in [3.8, 4) is 0 Å². The molecule has 0 aliphatic rings. The zero-order valence-electron chi connectivity index (χ0n) is 12.9. The maximum atomic E-state index is 13.0. The van der Waals surface area contributed by atoms with Gasteiger partial charge in [0.25, 0.3) is 0 Å². The lowest BCUT2D eigenvalue weighted by Gasteiger charge is -2.19. The molecule has 0 spiro atoms. The van der Waals surface area contributed by atoms with E-state index in [1.54, 1.807) is 20.8 Å². The molecule has 2 aromatic carbocycles. The number of hydrogen-bond acceptors (Lipinski definition) is 3. The van der Waals surface area contributed by atoms with Gasteiger partial charge in [-0.05, 0) is 61.7 Å². The van der Waals surface area contributed by atoms with Gasteiger partial charge in [0, 0.05) is 5.69 Å². The average Bonchev–Trinajstić information content (AvgIpc) is 2.46. The minimum atomic E-state index is -1.22. The number of benzene rings is 2. The van der Waals surface area contributed by atoms with Crippen LogP contribution in [0.5, 0.6) is 0 Å². The molecule has 0 aliphatic heterocycles. The van der Waals surface area contributed by atoms with Gasteiger partial charge in [-0.3, -0.25) is 0 Å². The predicted octanol–water partition coefficient (Wildman–Crippen LogP) is 3.89. The standard InChI is InChI=1S/C17H16FNO4/c1-8-9(2)13(16(20)21)15(14(10(8)3)17(22)23)19-12-6-4-11(18)5-7-12/h4-7,19H,1-3H3,(H,20,21)(H,22,23). The monoisotopic (exact) mass is 317 g/mol. The number of hydrogen-bond donors (Lipinski definition) is 3. The van der Waals surface area contributed by atoms with Crippen molar-refractivity contribution < 1.29 is 24.2 Å². The van der Waals surface area contributed by atoms with Crippen LogP contribution in [0.15, 0.2) is 24.3 Å². The zero-order chi connectivity index (χ0) is 17.3. The van der Waals surface area contributed by atoms with Gasteiger partial charge in [-0.25, -0.2) is 14.0 Å². The molecule has 5 nitrogen and oxygen atoms in total. The van der Waals surface area contributed by atoms with E-state index >= 15 is 0 Å². The van der Waals surface area contributed by atoms with Crippen molar-refractivity contribution >= 4 is 23.3 Å². The molecular weight excluding hydrogens is 301 g/mol. The van der Waals surface area contributed by atoms with Gasteiger partial charge in [0.2, 0.25) is 0 Å². The Hall–Kier alpha value is -2.89. The van der Waals surface area contributed by atoms with Gasteiger partial charge in [-0.2, -0.15) is 0 Å². The molecule has 0 heterocycles. The highest BCUT2D eigenvalue weighted by Gasteiger charge is 2.25. The van der Waals surface area contributed by atoms with E-state index in [-0.39, 0.29) is 16.8 Å². The van der Waals surface area contributed by atoms with E-state index < -0.39 is 17.8 Å². The van der Waals surface area contributed by atoms with Crippen LogP contribution in [0.2, 0.25) is 0 Å². The molecule has 0 bridgehead atoms. The van der Waals surface area contributed by atoms with Gasteiger partial charge in [0.15, 0.2) is 0 Å². The number of rotatable bonds is 4. The van der Waals surface area contributed by atoms with Crippen molar-refractivity contribution in [3.63, 3.8) is 0 Å². The number of carbonyl (C=O) groups is 2. The lowest BCUT2D eigenvalue weighted by Crippen LogP contribution is -2.15. The predicted molar refractivity (Wildman–Crippen MR) is 84.3 cm³/mol. The van der Waals surface area contributed by atoms with E-state index in [0.717, 1.165) is 0 Å². The first-order valence-corrected chi connectivity index (χ1v) is 6.87. The first-order chi connectivity index (χ1) is 10.7. The number of nitrogens with one attached hydrogen (secondary N) is 1. The Balaban J connectivity index is 2.75. The molecule has 0 amide bonds. The number of aromatic carboxylic acids is 2. The summed E-state index contributed by atoms with van der Waals surface area (Å²) in [5, 5.41) is 21.8. The lowest BCUT2D eigenvalue weighted by atomic mass is 9.91. The molecule has 0 aromatic heterocycles. The number of carboxylic acid groups (broad SMARTS) is 2. The van der Waals surface area contributed by atoms with Crippen molar-refractivity contribution in [1.29, 1.82) is 0 Å². The summed E-state index contributed by atoms with van der Waals surface area (Å²) in [7, 11) is 0. The van der Waals surface area contributed by atoms with Crippen LogP contribution in [-0.2, 0) is 0 Å². The molecule has 3 N–H and O–H groups in total. The van der Waals surface area contributed by atoms with E-state index in [1.807, 2.05) is 0 Å². The van der Waals surface area contributed by atoms with Gasteiger partial charge < -0.3 is 15.5 Å². The third-order valence-corrected chi connectivity index (χ3v) is 3.92. The smallest absolute Gasteiger partial charge is 0.338 e. The maximum absolute atomic E-state index is 13.0. The van der Waals surface area contributed by atoms with Gasteiger partial charge >= 0.3 is 11.9 Å². The third kappa shape index (κ3) is 3.01. The third-order valence-electron chi connectivity index (χ3n) is 3.92. The zero-order valence-corrected chi connectivity index (χ0v) is 12.9. The van der Waals surface area contributed by atoms with E-state index in [0.29, 0.717) is 22.4 Å². The first-order valence-electron chi connectivity index (χ1n) is 6.87. The molecule has 2 rings (SSSR count). The van der Waals surface area contributed by atoms with Crippen LogP contribution in [0.25, 0.3) is 0 Å². The van der Waals surface area contributed by atoms with E-state index in [9.17, 15) is 24.2 Å². The average molecular weight is 317 g/mol. The Morgan fingerprint density at radius 3 is 1.70 bits per heavy atom. The van der Waals surface area contributed by atoms with Crippen molar-refractivity contribution in [3.05, 3.63) is 57.9 Å².